The van der Waals surface area contributed by atoms with Crippen LogP contribution in [0.15, 0.2) is 40.9 Å². The lowest BCUT2D eigenvalue weighted by Crippen LogP contribution is -2.14. The number of ether oxygens (including phenoxy) is 2. The molecule has 2 aromatic carbocycles. The number of rotatable bonds is 4. The van der Waals surface area contributed by atoms with E-state index in [1.165, 1.54) is 7.11 Å². The summed E-state index contributed by atoms with van der Waals surface area (Å²) in [5, 5.41) is 2.78. The number of nitrogens with two attached hydrogens (primary N) is 1. The molecule has 5 nitrogen and oxygen atoms in total. The van der Waals surface area contributed by atoms with Crippen LogP contribution in [0.1, 0.15) is 10.4 Å². The first-order chi connectivity index (χ1) is 10.0. The highest BCUT2D eigenvalue weighted by molar-refractivity contribution is 9.10. The molecule has 2 rings (SSSR count). The first-order valence-corrected chi connectivity index (χ1v) is 6.93. The summed E-state index contributed by atoms with van der Waals surface area (Å²) in [7, 11) is 3.09. The van der Waals surface area contributed by atoms with Crippen molar-refractivity contribution < 1.29 is 14.3 Å². The maximum Gasteiger partial charge on any atom is 0.257 e. The second-order valence-corrected chi connectivity index (χ2v) is 5.17. The lowest BCUT2D eigenvalue weighted by atomic mass is 10.1. The van der Waals surface area contributed by atoms with Gasteiger partial charge in [0.15, 0.2) is 11.5 Å². The van der Waals surface area contributed by atoms with Gasteiger partial charge in [0.05, 0.1) is 19.8 Å². The van der Waals surface area contributed by atoms with Gasteiger partial charge in [-0.1, -0.05) is 15.9 Å². The van der Waals surface area contributed by atoms with E-state index in [-0.39, 0.29) is 5.91 Å². The predicted octanol–water partition coefficient (Wildman–Crippen LogP) is 3.30. The van der Waals surface area contributed by atoms with E-state index < -0.39 is 0 Å². The Labute approximate surface area is 131 Å². The van der Waals surface area contributed by atoms with Gasteiger partial charge in [-0.25, -0.2) is 0 Å². The third-order valence-electron chi connectivity index (χ3n) is 2.90. The number of carbonyl (C=O) groups excluding carboxylic acids is 1. The molecule has 110 valence electrons. The molecule has 6 heteroatoms. The number of hydrogen-bond donors (Lipinski definition) is 2. The van der Waals surface area contributed by atoms with Crippen LogP contribution >= 0.6 is 15.9 Å². The normalized spacial score (nSPS) is 10.0. The Hall–Kier alpha value is -2.21. The number of amides is 1. The van der Waals surface area contributed by atoms with Crippen LogP contribution in [0.4, 0.5) is 11.4 Å². The number of halogens is 1. The Kier molecular flexibility index (Phi) is 4.70. The fourth-order valence-electron chi connectivity index (χ4n) is 1.84. The van der Waals surface area contributed by atoms with Crippen molar-refractivity contribution in [2.75, 3.05) is 25.3 Å². The Bertz CT molecular complexity index is 674. The van der Waals surface area contributed by atoms with Gasteiger partial charge in [0.1, 0.15) is 0 Å². The smallest absolute Gasteiger partial charge is 0.257 e. The Balaban J connectivity index is 2.25. The Morgan fingerprint density at radius 2 is 1.81 bits per heavy atom. The van der Waals surface area contributed by atoms with Gasteiger partial charge in [-0.15, -0.1) is 0 Å². The van der Waals surface area contributed by atoms with E-state index in [2.05, 4.69) is 21.2 Å². The summed E-state index contributed by atoms with van der Waals surface area (Å²) >= 11 is 3.32. The van der Waals surface area contributed by atoms with Gasteiger partial charge in [-0.05, 0) is 30.3 Å². The van der Waals surface area contributed by atoms with Crippen LogP contribution in [0, 0.1) is 0 Å². The molecule has 21 heavy (non-hydrogen) atoms. The largest absolute Gasteiger partial charge is 0.493 e. The SMILES string of the molecule is COc1ccc(NC(=O)c2cc(Br)ccc2N)cc1OC. The van der Waals surface area contributed by atoms with Crippen molar-refractivity contribution in [2.24, 2.45) is 0 Å². The summed E-state index contributed by atoms with van der Waals surface area (Å²) in [4.78, 5) is 12.3. The molecule has 0 heterocycles. The number of benzene rings is 2. The average Bonchev–Trinajstić information content (AvgIpc) is 2.49. The highest BCUT2D eigenvalue weighted by atomic mass is 79.9. The van der Waals surface area contributed by atoms with Crippen molar-refractivity contribution in [2.45, 2.75) is 0 Å². The van der Waals surface area contributed by atoms with E-state index in [1.54, 1.807) is 43.5 Å². The number of nitrogen functional groups attached to an aromatic ring is 1. The van der Waals surface area contributed by atoms with Crippen molar-refractivity contribution in [3.63, 3.8) is 0 Å². The first-order valence-electron chi connectivity index (χ1n) is 6.13. The topological polar surface area (TPSA) is 73.6 Å². The van der Waals surface area contributed by atoms with E-state index in [0.29, 0.717) is 28.4 Å². The highest BCUT2D eigenvalue weighted by Crippen LogP contribution is 2.30. The van der Waals surface area contributed by atoms with Gasteiger partial charge in [0.2, 0.25) is 0 Å². The molecule has 0 atom stereocenters. The lowest BCUT2D eigenvalue weighted by molar-refractivity contribution is 0.102. The minimum atomic E-state index is -0.291. The predicted molar refractivity (Wildman–Crippen MR) is 86.1 cm³/mol. The van der Waals surface area contributed by atoms with Crippen LogP contribution < -0.4 is 20.5 Å². The molecule has 0 saturated carbocycles. The molecule has 0 saturated heterocycles. The maximum atomic E-state index is 12.3. The summed E-state index contributed by atoms with van der Waals surface area (Å²) in [5.74, 6) is 0.844. The van der Waals surface area contributed by atoms with E-state index in [9.17, 15) is 4.79 Å². The molecule has 1 amide bonds. The number of hydrogen-bond acceptors (Lipinski definition) is 4. The molecular weight excluding hydrogens is 336 g/mol. The zero-order valence-electron chi connectivity index (χ0n) is 11.6. The number of carbonyl (C=O) groups is 1. The second-order valence-electron chi connectivity index (χ2n) is 4.26. The summed E-state index contributed by atoms with van der Waals surface area (Å²) in [5.41, 5.74) is 7.23. The van der Waals surface area contributed by atoms with Gasteiger partial charge in [0, 0.05) is 21.9 Å². The summed E-state index contributed by atoms with van der Waals surface area (Å²) in [6.07, 6.45) is 0. The molecule has 2 aromatic rings. The van der Waals surface area contributed by atoms with E-state index >= 15 is 0 Å². The zero-order chi connectivity index (χ0) is 15.4. The molecule has 0 aliphatic heterocycles. The monoisotopic (exact) mass is 350 g/mol. The van der Waals surface area contributed by atoms with Gasteiger partial charge in [-0.3, -0.25) is 4.79 Å². The van der Waals surface area contributed by atoms with Crippen LogP contribution in [-0.2, 0) is 0 Å². The van der Waals surface area contributed by atoms with Crippen LogP contribution in [0.3, 0.4) is 0 Å². The molecule has 0 aromatic heterocycles. The van der Waals surface area contributed by atoms with Gasteiger partial charge >= 0.3 is 0 Å². The molecule has 3 N–H and O–H groups in total. The van der Waals surface area contributed by atoms with Gasteiger partial charge in [0.25, 0.3) is 5.91 Å². The van der Waals surface area contributed by atoms with Gasteiger partial charge in [-0.2, -0.15) is 0 Å². The average molecular weight is 351 g/mol. The maximum absolute atomic E-state index is 12.3. The van der Waals surface area contributed by atoms with E-state index in [0.717, 1.165) is 4.47 Å². The van der Waals surface area contributed by atoms with Crippen molar-refractivity contribution in [1.82, 2.24) is 0 Å². The van der Waals surface area contributed by atoms with E-state index in [4.69, 9.17) is 15.2 Å². The van der Waals surface area contributed by atoms with Crippen LogP contribution in [0.5, 0.6) is 11.5 Å². The number of methoxy groups -OCH3 is 2. The third kappa shape index (κ3) is 3.46. The van der Waals surface area contributed by atoms with E-state index in [1.807, 2.05) is 0 Å². The van der Waals surface area contributed by atoms with Crippen LogP contribution in [-0.4, -0.2) is 20.1 Å². The number of anilines is 2. The Morgan fingerprint density at radius 3 is 2.48 bits per heavy atom. The molecular formula is C15H15BrN2O3. The minimum absolute atomic E-state index is 0.291. The molecule has 0 spiro atoms. The molecule has 0 fully saturated rings. The first kappa shape index (κ1) is 15.2. The number of nitrogens with one attached hydrogen (secondary N) is 1. The summed E-state index contributed by atoms with van der Waals surface area (Å²) in [6, 6.07) is 10.3. The lowest BCUT2D eigenvalue weighted by Gasteiger charge is -2.11. The van der Waals surface area contributed by atoms with Crippen molar-refractivity contribution >= 4 is 33.2 Å². The van der Waals surface area contributed by atoms with Crippen molar-refractivity contribution in [3.8, 4) is 11.5 Å². The minimum Gasteiger partial charge on any atom is -0.493 e. The standard InChI is InChI=1S/C15H15BrN2O3/c1-20-13-6-4-10(8-14(13)21-2)18-15(19)11-7-9(16)3-5-12(11)17/h3-8H,17H2,1-2H3,(H,18,19). The van der Waals surface area contributed by atoms with Crippen molar-refractivity contribution in [1.29, 1.82) is 0 Å². The van der Waals surface area contributed by atoms with Crippen LogP contribution in [0.25, 0.3) is 0 Å². The molecule has 0 aliphatic carbocycles. The second kappa shape index (κ2) is 6.49. The Morgan fingerprint density at radius 1 is 1.10 bits per heavy atom. The highest BCUT2D eigenvalue weighted by Gasteiger charge is 2.12. The summed E-state index contributed by atoms with van der Waals surface area (Å²) < 4.78 is 11.1. The fourth-order valence-corrected chi connectivity index (χ4v) is 2.20. The van der Waals surface area contributed by atoms with Crippen LogP contribution in [0.2, 0.25) is 0 Å². The zero-order valence-corrected chi connectivity index (χ0v) is 13.2. The fraction of sp³-hybridized carbons (Fsp3) is 0.133. The van der Waals surface area contributed by atoms with Gasteiger partial charge < -0.3 is 20.5 Å². The molecule has 0 radical (unpaired) electrons. The molecule has 0 aliphatic rings. The summed E-state index contributed by atoms with van der Waals surface area (Å²) in [6.45, 7) is 0. The van der Waals surface area contributed by atoms with Crippen molar-refractivity contribution in [3.05, 3.63) is 46.4 Å². The molecule has 0 bridgehead atoms. The third-order valence-corrected chi connectivity index (χ3v) is 3.39. The molecule has 0 unspecified atom stereocenters. The quantitative estimate of drug-likeness (QED) is 0.829.